The van der Waals surface area contributed by atoms with E-state index in [2.05, 4.69) is 4.52 Å². The molecule has 0 aromatic carbocycles. The molecule has 0 aromatic rings. The third kappa shape index (κ3) is 2.84. The number of rotatable bonds is 3. The smallest absolute Gasteiger partial charge is 0.316 e. The molecule has 0 aromatic heterocycles. The van der Waals surface area contributed by atoms with E-state index in [0.717, 1.165) is 0 Å². The first-order valence-corrected chi connectivity index (χ1v) is 5.05. The van der Waals surface area contributed by atoms with Gasteiger partial charge in [0.2, 0.25) is 0 Å². The summed E-state index contributed by atoms with van der Waals surface area (Å²) in [5, 5.41) is 9.29. The van der Waals surface area contributed by atoms with Crippen molar-refractivity contribution >= 4 is 8.25 Å². The SMILES string of the molecule is CC1CC(O)C(CO[PH](=O)O)O1. The largest absolute Gasteiger partial charge is 0.390 e. The van der Waals surface area contributed by atoms with Gasteiger partial charge in [0, 0.05) is 6.42 Å². The maximum atomic E-state index is 10.2. The van der Waals surface area contributed by atoms with Gasteiger partial charge >= 0.3 is 8.25 Å². The van der Waals surface area contributed by atoms with Gasteiger partial charge in [0.15, 0.2) is 0 Å². The lowest BCUT2D eigenvalue weighted by Crippen LogP contribution is -2.25. The standard InChI is InChI=1S/C6H13O5P/c1-4-2-5(7)6(11-4)3-10-12(8)9/h4-7,12H,2-3H2,1H3,(H,8,9). The van der Waals surface area contributed by atoms with Gasteiger partial charge in [-0.1, -0.05) is 0 Å². The highest BCUT2D eigenvalue weighted by Crippen LogP contribution is 2.23. The molecule has 1 aliphatic rings. The Bertz CT molecular complexity index is 173. The van der Waals surface area contributed by atoms with Gasteiger partial charge in [-0.2, -0.15) is 0 Å². The van der Waals surface area contributed by atoms with Crippen LogP contribution in [0.4, 0.5) is 0 Å². The van der Waals surface area contributed by atoms with E-state index in [1.807, 2.05) is 6.92 Å². The van der Waals surface area contributed by atoms with Crippen LogP contribution in [0.15, 0.2) is 0 Å². The fraction of sp³-hybridized carbons (Fsp3) is 1.00. The quantitative estimate of drug-likeness (QED) is 0.617. The van der Waals surface area contributed by atoms with Crippen LogP contribution < -0.4 is 0 Å². The summed E-state index contributed by atoms with van der Waals surface area (Å²) in [5.41, 5.74) is 0. The lowest BCUT2D eigenvalue weighted by molar-refractivity contribution is -0.0113. The predicted octanol–water partition coefficient (Wildman–Crippen LogP) is -0.0767. The summed E-state index contributed by atoms with van der Waals surface area (Å²) in [6, 6.07) is 0. The van der Waals surface area contributed by atoms with Crippen LogP contribution in [0, 0.1) is 0 Å². The Morgan fingerprint density at radius 3 is 2.83 bits per heavy atom. The summed E-state index contributed by atoms with van der Waals surface area (Å²) >= 11 is 0. The molecule has 0 aliphatic carbocycles. The molecule has 1 fully saturated rings. The van der Waals surface area contributed by atoms with Crippen molar-refractivity contribution in [3.63, 3.8) is 0 Å². The van der Waals surface area contributed by atoms with E-state index >= 15 is 0 Å². The highest BCUT2D eigenvalue weighted by atomic mass is 31.1. The average Bonchev–Trinajstić information content (AvgIpc) is 2.26. The zero-order chi connectivity index (χ0) is 9.14. The van der Waals surface area contributed by atoms with Crippen LogP contribution in [0.2, 0.25) is 0 Å². The molecule has 2 N–H and O–H groups in total. The Morgan fingerprint density at radius 2 is 2.42 bits per heavy atom. The lowest BCUT2D eigenvalue weighted by Gasteiger charge is -2.12. The Morgan fingerprint density at radius 1 is 1.75 bits per heavy atom. The van der Waals surface area contributed by atoms with E-state index in [4.69, 9.17) is 9.63 Å². The van der Waals surface area contributed by atoms with Crippen molar-refractivity contribution < 1.29 is 23.8 Å². The molecule has 4 atom stereocenters. The zero-order valence-electron chi connectivity index (χ0n) is 6.77. The summed E-state index contributed by atoms with van der Waals surface area (Å²) in [6.45, 7) is 1.82. The summed E-state index contributed by atoms with van der Waals surface area (Å²) in [4.78, 5) is 8.35. The van der Waals surface area contributed by atoms with Crippen LogP contribution in [0.25, 0.3) is 0 Å². The molecule has 1 saturated heterocycles. The van der Waals surface area contributed by atoms with E-state index < -0.39 is 20.5 Å². The fourth-order valence-electron chi connectivity index (χ4n) is 1.24. The second-order valence-corrected chi connectivity index (χ2v) is 3.69. The normalized spacial score (nSPS) is 38.4. The van der Waals surface area contributed by atoms with Gasteiger partial charge in [-0.3, -0.25) is 4.57 Å². The van der Waals surface area contributed by atoms with Crippen molar-refractivity contribution in [1.29, 1.82) is 0 Å². The molecular formula is C6H13O5P. The van der Waals surface area contributed by atoms with Crippen LogP contribution in [0.1, 0.15) is 13.3 Å². The Hall–Kier alpha value is 0.0700. The number of aliphatic hydroxyl groups excluding tert-OH is 1. The monoisotopic (exact) mass is 196 g/mol. The molecule has 0 saturated carbocycles. The van der Waals surface area contributed by atoms with Gasteiger partial charge < -0.3 is 19.3 Å². The number of ether oxygens (including phenoxy) is 1. The van der Waals surface area contributed by atoms with Gasteiger partial charge in [0.1, 0.15) is 6.10 Å². The fourth-order valence-corrected chi connectivity index (χ4v) is 1.55. The summed E-state index contributed by atoms with van der Waals surface area (Å²) in [5.74, 6) is 0. The molecule has 0 spiro atoms. The molecular weight excluding hydrogens is 183 g/mol. The Kier molecular flexibility index (Phi) is 3.68. The topological polar surface area (TPSA) is 76.0 Å². The number of hydrogen-bond acceptors (Lipinski definition) is 4. The molecule has 0 amide bonds. The highest BCUT2D eigenvalue weighted by molar-refractivity contribution is 7.32. The van der Waals surface area contributed by atoms with Gasteiger partial charge in [-0.15, -0.1) is 0 Å². The minimum atomic E-state index is -2.90. The Labute approximate surface area is 71.3 Å². The molecule has 1 rings (SSSR count). The van der Waals surface area contributed by atoms with Gasteiger partial charge in [-0.25, -0.2) is 0 Å². The van der Waals surface area contributed by atoms with Crippen molar-refractivity contribution in [3.8, 4) is 0 Å². The predicted molar refractivity (Wildman–Crippen MR) is 42.1 cm³/mol. The number of aliphatic hydroxyl groups is 1. The third-order valence-electron chi connectivity index (χ3n) is 1.78. The van der Waals surface area contributed by atoms with Crippen molar-refractivity contribution in [2.24, 2.45) is 0 Å². The van der Waals surface area contributed by atoms with E-state index in [1.165, 1.54) is 0 Å². The van der Waals surface area contributed by atoms with Crippen molar-refractivity contribution in [3.05, 3.63) is 0 Å². The maximum Gasteiger partial charge on any atom is 0.316 e. The molecule has 5 nitrogen and oxygen atoms in total. The van der Waals surface area contributed by atoms with Gasteiger partial charge in [-0.05, 0) is 6.92 Å². The van der Waals surface area contributed by atoms with Crippen LogP contribution in [0.5, 0.6) is 0 Å². The first kappa shape index (κ1) is 10.2. The van der Waals surface area contributed by atoms with E-state index in [9.17, 15) is 9.67 Å². The summed E-state index contributed by atoms with van der Waals surface area (Å²) in [6.07, 6.45) is -0.488. The molecule has 1 heterocycles. The molecule has 4 unspecified atom stereocenters. The third-order valence-corrected chi connectivity index (χ3v) is 2.19. The Balaban J connectivity index is 2.28. The van der Waals surface area contributed by atoms with Crippen LogP contribution in [-0.4, -0.2) is 34.9 Å². The first-order chi connectivity index (χ1) is 5.59. The molecule has 72 valence electrons. The minimum Gasteiger partial charge on any atom is -0.390 e. The van der Waals surface area contributed by atoms with E-state index in [-0.39, 0.29) is 12.7 Å². The summed E-state index contributed by atoms with van der Waals surface area (Å²) in [7, 11) is -2.90. The summed E-state index contributed by atoms with van der Waals surface area (Å²) < 4.78 is 19.8. The highest BCUT2D eigenvalue weighted by Gasteiger charge is 2.31. The van der Waals surface area contributed by atoms with Crippen molar-refractivity contribution in [1.82, 2.24) is 0 Å². The average molecular weight is 196 g/mol. The van der Waals surface area contributed by atoms with Crippen LogP contribution in [-0.2, 0) is 13.8 Å². The van der Waals surface area contributed by atoms with Gasteiger partial charge in [0.05, 0.1) is 18.8 Å². The van der Waals surface area contributed by atoms with Crippen LogP contribution >= 0.6 is 8.25 Å². The molecule has 1 aliphatic heterocycles. The van der Waals surface area contributed by atoms with Crippen molar-refractivity contribution in [2.75, 3.05) is 6.61 Å². The van der Waals surface area contributed by atoms with E-state index in [0.29, 0.717) is 6.42 Å². The second-order valence-electron chi connectivity index (χ2n) is 2.87. The van der Waals surface area contributed by atoms with Crippen molar-refractivity contribution in [2.45, 2.75) is 31.7 Å². The number of hydrogen-bond donors (Lipinski definition) is 2. The van der Waals surface area contributed by atoms with Gasteiger partial charge in [0.25, 0.3) is 0 Å². The molecule has 12 heavy (non-hydrogen) atoms. The first-order valence-electron chi connectivity index (χ1n) is 3.79. The second kappa shape index (κ2) is 4.35. The maximum absolute atomic E-state index is 10.2. The molecule has 0 bridgehead atoms. The zero-order valence-corrected chi connectivity index (χ0v) is 7.77. The molecule has 0 radical (unpaired) electrons. The minimum absolute atomic E-state index is 0.00498. The van der Waals surface area contributed by atoms with Crippen LogP contribution in [0.3, 0.4) is 0 Å². The lowest BCUT2D eigenvalue weighted by atomic mass is 10.1. The van der Waals surface area contributed by atoms with E-state index in [1.54, 1.807) is 0 Å². The molecule has 6 heteroatoms.